The second kappa shape index (κ2) is 10.2. The number of morpholine rings is 1. The first-order valence-electron chi connectivity index (χ1n) is 8.26. The van der Waals surface area contributed by atoms with E-state index in [1.165, 1.54) is 11.1 Å². The van der Waals surface area contributed by atoms with Crippen LogP contribution in [-0.4, -0.2) is 81.7 Å². The fraction of sp³-hybridized carbons (Fsp3) is 0.611. The Hall–Kier alpha value is -0.860. The summed E-state index contributed by atoms with van der Waals surface area (Å²) in [5, 5.41) is 0. The van der Waals surface area contributed by atoms with Crippen LogP contribution in [-0.2, 0) is 4.74 Å². The molecule has 0 saturated carbocycles. The van der Waals surface area contributed by atoms with Crippen molar-refractivity contribution in [3.63, 3.8) is 0 Å². The summed E-state index contributed by atoms with van der Waals surface area (Å²) < 4.78 is 5.52. The summed E-state index contributed by atoms with van der Waals surface area (Å²) in [6.07, 6.45) is 0. The Bertz CT molecular complexity index is 518. The minimum absolute atomic E-state index is 0. The van der Waals surface area contributed by atoms with Crippen molar-refractivity contribution in [1.82, 2.24) is 14.7 Å². The van der Waals surface area contributed by atoms with Crippen molar-refractivity contribution < 1.29 is 4.74 Å². The van der Waals surface area contributed by atoms with Crippen molar-refractivity contribution in [2.75, 3.05) is 61.0 Å². The average molecular weight is 446 g/mol. The van der Waals surface area contributed by atoms with Gasteiger partial charge in [0.05, 0.1) is 25.8 Å². The molecule has 0 amide bonds. The van der Waals surface area contributed by atoms with Crippen LogP contribution in [0.15, 0.2) is 29.3 Å². The van der Waals surface area contributed by atoms with E-state index in [2.05, 4.69) is 45.9 Å². The van der Waals surface area contributed by atoms with Crippen LogP contribution in [0, 0.1) is 6.92 Å². The van der Waals surface area contributed by atoms with Crippen molar-refractivity contribution in [3.05, 3.63) is 35.4 Å². The van der Waals surface area contributed by atoms with Gasteiger partial charge in [0.2, 0.25) is 0 Å². The van der Waals surface area contributed by atoms with Gasteiger partial charge in [-0.25, -0.2) is 0 Å². The first-order chi connectivity index (χ1) is 11.0. The van der Waals surface area contributed by atoms with Crippen molar-refractivity contribution in [3.8, 4) is 0 Å². The molecule has 1 saturated heterocycles. The molecule has 0 spiro atoms. The van der Waals surface area contributed by atoms with E-state index >= 15 is 0 Å². The average Bonchev–Trinajstić information content (AvgIpc) is 2.51. The third-order valence-corrected chi connectivity index (χ3v) is 4.12. The van der Waals surface area contributed by atoms with Crippen molar-refractivity contribution in [1.29, 1.82) is 0 Å². The first kappa shape index (κ1) is 21.2. The van der Waals surface area contributed by atoms with Crippen LogP contribution in [0.1, 0.15) is 17.2 Å². The molecule has 1 aromatic carbocycles. The van der Waals surface area contributed by atoms with Gasteiger partial charge in [-0.2, -0.15) is 0 Å². The van der Waals surface area contributed by atoms with Gasteiger partial charge in [0, 0.05) is 41.3 Å². The predicted molar refractivity (Wildman–Crippen MR) is 111 cm³/mol. The molecule has 136 valence electrons. The Morgan fingerprint density at radius 3 is 2.33 bits per heavy atom. The number of guanidine groups is 1. The fourth-order valence-electron chi connectivity index (χ4n) is 3.05. The van der Waals surface area contributed by atoms with Crippen LogP contribution in [0.4, 0.5) is 0 Å². The fourth-order valence-corrected chi connectivity index (χ4v) is 3.05. The molecule has 2 rings (SSSR count). The van der Waals surface area contributed by atoms with E-state index in [1.807, 2.05) is 28.2 Å². The largest absolute Gasteiger partial charge is 0.379 e. The monoisotopic (exact) mass is 446 g/mol. The number of ether oxygens (including phenoxy) is 1. The molecule has 24 heavy (non-hydrogen) atoms. The molecule has 1 aliphatic rings. The minimum Gasteiger partial charge on any atom is -0.379 e. The Morgan fingerprint density at radius 1 is 1.17 bits per heavy atom. The Balaban J connectivity index is 0.00000288. The SMILES string of the molecule is Cc1cccc(C(CN=C(N(C)C)N(C)C)N2CCOCC2)c1.I. The molecule has 5 nitrogen and oxygen atoms in total. The van der Waals surface area contributed by atoms with Gasteiger partial charge in [-0.3, -0.25) is 9.89 Å². The lowest BCUT2D eigenvalue weighted by molar-refractivity contribution is 0.0179. The molecule has 1 fully saturated rings. The van der Waals surface area contributed by atoms with Gasteiger partial charge < -0.3 is 14.5 Å². The third kappa shape index (κ3) is 5.89. The zero-order chi connectivity index (χ0) is 16.8. The van der Waals surface area contributed by atoms with E-state index in [0.717, 1.165) is 38.8 Å². The molecule has 0 N–H and O–H groups in total. The molecule has 1 unspecified atom stereocenters. The van der Waals surface area contributed by atoms with E-state index < -0.39 is 0 Å². The quantitative estimate of drug-likeness (QED) is 0.404. The summed E-state index contributed by atoms with van der Waals surface area (Å²) in [7, 11) is 8.15. The zero-order valence-electron chi connectivity index (χ0n) is 15.5. The second-order valence-corrected chi connectivity index (χ2v) is 6.51. The van der Waals surface area contributed by atoms with E-state index in [4.69, 9.17) is 9.73 Å². The maximum absolute atomic E-state index is 5.52. The lowest BCUT2D eigenvalue weighted by Crippen LogP contribution is -2.41. The lowest BCUT2D eigenvalue weighted by Gasteiger charge is -2.34. The highest BCUT2D eigenvalue weighted by Crippen LogP contribution is 2.23. The number of hydrogen-bond acceptors (Lipinski definition) is 3. The molecule has 1 atom stereocenters. The summed E-state index contributed by atoms with van der Waals surface area (Å²) in [5.74, 6) is 0.996. The normalized spacial score (nSPS) is 16.0. The lowest BCUT2D eigenvalue weighted by atomic mass is 10.0. The van der Waals surface area contributed by atoms with Crippen molar-refractivity contribution in [2.24, 2.45) is 4.99 Å². The Morgan fingerprint density at radius 2 is 1.79 bits per heavy atom. The Kier molecular flexibility index (Phi) is 9.01. The number of aliphatic imine (C=N–C) groups is 1. The van der Waals surface area contributed by atoms with Gasteiger partial charge in [0.1, 0.15) is 0 Å². The summed E-state index contributed by atoms with van der Waals surface area (Å²) in [4.78, 5) is 11.5. The molecular weight excluding hydrogens is 415 g/mol. The molecule has 0 aromatic heterocycles. The molecule has 0 bridgehead atoms. The first-order valence-corrected chi connectivity index (χ1v) is 8.26. The number of halogens is 1. The van der Waals surface area contributed by atoms with Crippen LogP contribution in [0.25, 0.3) is 0 Å². The van der Waals surface area contributed by atoms with Gasteiger partial charge >= 0.3 is 0 Å². The third-order valence-electron chi connectivity index (χ3n) is 4.12. The molecule has 1 aromatic rings. The highest BCUT2D eigenvalue weighted by molar-refractivity contribution is 14.0. The summed E-state index contributed by atoms with van der Waals surface area (Å²) in [6, 6.07) is 9.08. The highest BCUT2D eigenvalue weighted by Gasteiger charge is 2.23. The number of hydrogen-bond donors (Lipinski definition) is 0. The van der Waals surface area contributed by atoms with E-state index in [1.54, 1.807) is 0 Å². The molecule has 1 heterocycles. The van der Waals surface area contributed by atoms with E-state index in [-0.39, 0.29) is 24.0 Å². The molecular formula is C18H31IN4O. The number of benzene rings is 1. The number of aryl methyl sites for hydroxylation is 1. The number of rotatable bonds is 4. The standard InChI is InChI=1S/C18H30N4O.HI/c1-15-7-6-8-16(13-15)17(22-9-11-23-12-10-22)14-19-18(20(2)3)21(4)5;/h6-8,13,17H,9-12,14H2,1-5H3;1H. The molecule has 0 aliphatic carbocycles. The molecule has 0 radical (unpaired) electrons. The van der Waals surface area contributed by atoms with Gasteiger partial charge in [-0.15, -0.1) is 24.0 Å². The summed E-state index contributed by atoms with van der Waals surface area (Å²) in [5.41, 5.74) is 2.64. The zero-order valence-corrected chi connectivity index (χ0v) is 17.9. The molecule has 6 heteroatoms. The smallest absolute Gasteiger partial charge is 0.195 e. The van der Waals surface area contributed by atoms with Gasteiger partial charge in [-0.05, 0) is 12.5 Å². The van der Waals surface area contributed by atoms with E-state index in [0.29, 0.717) is 6.04 Å². The molecule has 1 aliphatic heterocycles. The van der Waals surface area contributed by atoms with Crippen LogP contribution in [0.2, 0.25) is 0 Å². The maximum atomic E-state index is 5.52. The van der Waals surface area contributed by atoms with Crippen LogP contribution in [0.3, 0.4) is 0 Å². The van der Waals surface area contributed by atoms with Crippen LogP contribution < -0.4 is 0 Å². The maximum Gasteiger partial charge on any atom is 0.195 e. The second-order valence-electron chi connectivity index (χ2n) is 6.51. The van der Waals surface area contributed by atoms with Crippen LogP contribution in [0.5, 0.6) is 0 Å². The highest BCUT2D eigenvalue weighted by atomic mass is 127. The minimum atomic E-state index is 0. The van der Waals surface area contributed by atoms with Crippen molar-refractivity contribution in [2.45, 2.75) is 13.0 Å². The van der Waals surface area contributed by atoms with Crippen LogP contribution >= 0.6 is 24.0 Å². The summed E-state index contributed by atoms with van der Waals surface area (Å²) >= 11 is 0. The topological polar surface area (TPSA) is 31.3 Å². The van der Waals surface area contributed by atoms with E-state index in [9.17, 15) is 0 Å². The Labute approximate surface area is 163 Å². The summed E-state index contributed by atoms with van der Waals surface area (Å²) in [6.45, 7) is 6.45. The van der Waals surface area contributed by atoms with Gasteiger partial charge in [0.25, 0.3) is 0 Å². The van der Waals surface area contributed by atoms with Gasteiger partial charge in [0.15, 0.2) is 5.96 Å². The van der Waals surface area contributed by atoms with Crippen molar-refractivity contribution >= 4 is 29.9 Å². The predicted octanol–water partition coefficient (Wildman–Crippen LogP) is 2.47. The van der Waals surface area contributed by atoms with Gasteiger partial charge in [-0.1, -0.05) is 29.8 Å². The number of nitrogens with zero attached hydrogens (tertiary/aromatic N) is 4.